The summed E-state index contributed by atoms with van der Waals surface area (Å²) in [7, 11) is 0. The molecule has 0 saturated carbocycles. The number of nitrogens with zero attached hydrogens (tertiary/aromatic N) is 1. The second-order valence-corrected chi connectivity index (χ2v) is 2.06. The van der Waals surface area contributed by atoms with Crippen LogP contribution in [0.5, 0.6) is 0 Å². The molecule has 0 aliphatic rings. The van der Waals surface area contributed by atoms with Crippen LogP contribution in [0.1, 0.15) is 26.2 Å². The van der Waals surface area contributed by atoms with Gasteiger partial charge in [-0.2, -0.15) is 5.26 Å². The van der Waals surface area contributed by atoms with Gasteiger partial charge in [-0.3, -0.25) is 0 Å². The molecule has 0 fully saturated rings. The molecule has 0 bridgehead atoms. The van der Waals surface area contributed by atoms with Crippen molar-refractivity contribution in [1.29, 1.82) is 5.26 Å². The molecule has 0 heterocycles. The first-order valence-corrected chi connectivity index (χ1v) is 3.63. The van der Waals surface area contributed by atoms with E-state index >= 15 is 0 Å². The van der Waals surface area contributed by atoms with Crippen molar-refractivity contribution in [2.45, 2.75) is 26.2 Å². The van der Waals surface area contributed by atoms with E-state index < -0.39 is 0 Å². The Morgan fingerprint density at radius 1 is 1.40 bits per heavy atom. The zero-order chi connectivity index (χ0) is 7.66. The highest BCUT2D eigenvalue weighted by Crippen LogP contribution is 1.94. The minimum absolute atomic E-state index is 1.12. The summed E-state index contributed by atoms with van der Waals surface area (Å²) in [6, 6.07) is 1.93. The van der Waals surface area contributed by atoms with Gasteiger partial charge >= 0.3 is 0 Å². The fraction of sp³-hybridized carbons (Fsp3) is 0.444. The Balaban J connectivity index is 3.22. The van der Waals surface area contributed by atoms with E-state index in [1.165, 1.54) is 18.9 Å². The van der Waals surface area contributed by atoms with Crippen molar-refractivity contribution in [2.75, 3.05) is 0 Å². The van der Waals surface area contributed by atoms with Gasteiger partial charge in [0.15, 0.2) is 0 Å². The van der Waals surface area contributed by atoms with Gasteiger partial charge in [0, 0.05) is 6.08 Å². The SMILES string of the molecule is CCCC/C=C/C=C\C#N. The summed E-state index contributed by atoms with van der Waals surface area (Å²) < 4.78 is 0. The Labute approximate surface area is 62.7 Å². The number of allylic oxidation sites excluding steroid dienone is 4. The molecule has 0 amide bonds. The van der Waals surface area contributed by atoms with Crippen LogP contribution in [0.15, 0.2) is 24.3 Å². The zero-order valence-electron chi connectivity index (χ0n) is 6.38. The lowest BCUT2D eigenvalue weighted by atomic mass is 10.2. The fourth-order valence-electron chi connectivity index (χ4n) is 0.595. The average Bonchev–Trinajstić information content (AvgIpc) is 1.97. The summed E-state index contributed by atoms with van der Waals surface area (Å²) in [5.74, 6) is 0. The third kappa shape index (κ3) is 6.97. The Morgan fingerprint density at radius 3 is 2.80 bits per heavy atom. The molecule has 0 aliphatic carbocycles. The van der Waals surface area contributed by atoms with Crippen LogP contribution in [-0.2, 0) is 0 Å². The molecule has 1 heteroatoms. The second kappa shape index (κ2) is 7.97. The van der Waals surface area contributed by atoms with E-state index in [4.69, 9.17) is 5.26 Å². The van der Waals surface area contributed by atoms with E-state index in [1.54, 1.807) is 6.08 Å². The van der Waals surface area contributed by atoms with E-state index in [2.05, 4.69) is 13.0 Å². The fourth-order valence-corrected chi connectivity index (χ4v) is 0.595. The first kappa shape index (κ1) is 8.97. The maximum absolute atomic E-state index is 8.10. The van der Waals surface area contributed by atoms with Gasteiger partial charge in [-0.05, 0) is 6.42 Å². The molecule has 0 spiro atoms. The minimum Gasteiger partial charge on any atom is -0.193 e. The van der Waals surface area contributed by atoms with Crippen LogP contribution in [-0.4, -0.2) is 0 Å². The molecule has 10 heavy (non-hydrogen) atoms. The molecule has 0 unspecified atom stereocenters. The summed E-state index contributed by atoms with van der Waals surface area (Å²) in [5.41, 5.74) is 0. The van der Waals surface area contributed by atoms with Crippen molar-refractivity contribution in [1.82, 2.24) is 0 Å². The lowest BCUT2D eigenvalue weighted by molar-refractivity contribution is 0.815. The van der Waals surface area contributed by atoms with Crippen molar-refractivity contribution in [3.05, 3.63) is 24.3 Å². The molecule has 1 nitrogen and oxygen atoms in total. The van der Waals surface area contributed by atoms with Crippen LogP contribution in [0.3, 0.4) is 0 Å². The van der Waals surface area contributed by atoms with Gasteiger partial charge < -0.3 is 0 Å². The van der Waals surface area contributed by atoms with Crippen LogP contribution >= 0.6 is 0 Å². The van der Waals surface area contributed by atoms with Gasteiger partial charge in [0.1, 0.15) is 0 Å². The highest BCUT2D eigenvalue weighted by Gasteiger charge is 1.74. The number of unbranched alkanes of at least 4 members (excludes halogenated alkanes) is 2. The number of hydrogen-bond donors (Lipinski definition) is 0. The highest BCUT2D eigenvalue weighted by atomic mass is 14.2. The quantitative estimate of drug-likeness (QED) is 0.330. The molecule has 0 radical (unpaired) electrons. The number of nitriles is 1. The van der Waals surface area contributed by atoms with Crippen LogP contribution in [0, 0.1) is 11.3 Å². The van der Waals surface area contributed by atoms with Gasteiger partial charge in [-0.1, -0.05) is 38.0 Å². The number of rotatable bonds is 4. The van der Waals surface area contributed by atoms with E-state index in [9.17, 15) is 0 Å². The van der Waals surface area contributed by atoms with Crippen LogP contribution in [0.4, 0.5) is 0 Å². The van der Waals surface area contributed by atoms with Gasteiger partial charge in [0.25, 0.3) is 0 Å². The van der Waals surface area contributed by atoms with Gasteiger partial charge in [-0.15, -0.1) is 0 Å². The maximum Gasteiger partial charge on any atom is 0.0912 e. The van der Waals surface area contributed by atoms with Crippen molar-refractivity contribution >= 4 is 0 Å². The molecule has 0 rings (SSSR count). The average molecular weight is 135 g/mol. The van der Waals surface area contributed by atoms with Crippen LogP contribution in [0.2, 0.25) is 0 Å². The predicted octanol–water partition coefficient (Wildman–Crippen LogP) is 2.81. The van der Waals surface area contributed by atoms with Crippen molar-refractivity contribution < 1.29 is 0 Å². The van der Waals surface area contributed by atoms with E-state index in [1.807, 2.05) is 12.1 Å². The summed E-state index contributed by atoms with van der Waals surface area (Å²) in [6.07, 6.45) is 10.8. The highest BCUT2D eigenvalue weighted by molar-refractivity contribution is 5.11. The smallest absolute Gasteiger partial charge is 0.0912 e. The van der Waals surface area contributed by atoms with Crippen LogP contribution < -0.4 is 0 Å². The largest absolute Gasteiger partial charge is 0.193 e. The third-order valence-electron chi connectivity index (χ3n) is 1.14. The Bertz CT molecular complexity index is 149. The molecular formula is C9H13N. The predicted molar refractivity (Wildman–Crippen MR) is 43.4 cm³/mol. The van der Waals surface area contributed by atoms with E-state index in [0.29, 0.717) is 0 Å². The summed E-state index contributed by atoms with van der Waals surface area (Å²) >= 11 is 0. The first-order chi connectivity index (χ1) is 4.91. The van der Waals surface area contributed by atoms with Crippen molar-refractivity contribution in [3.8, 4) is 6.07 Å². The molecule has 0 N–H and O–H groups in total. The topological polar surface area (TPSA) is 23.8 Å². The molecule has 0 aromatic rings. The van der Waals surface area contributed by atoms with Crippen LogP contribution in [0.25, 0.3) is 0 Å². The van der Waals surface area contributed by atoms with Gasteiger partial charge in [0.05, 0.1) is 6.07 Å². The Morgan fingerprint density at radius 2 is 2.20 bits per heavy atom. The minimum atomic E-state index is 1.12. The standard InChI is InChI=1S/C9H13N/c1-2-3-4-5-6-7-8-9-10/h5-8H,2-4H2,1H3/b6-5+,8-7-. The Hall–Kier alpha value is -1.03. The molecular weight excluding hydrogens is 122 g/mol. The molecule has 0 aromatic heterocycles. The molecule has 0 aliphatic heterocycles. The third-order valence-corrected chi connectivity index (χ3v) is 1.14. The monoisotopic (exact) mass is 135 g/mol. The molecule has 0 aromatic carbocycles. The summed E-state index contributed by atoms with van der Waals surface area (Å²) in [4.78, 5) is 0. The first-order valence-electron chi connectivity index (χ1n) is 3.63. The molecule has 54 valence electrons. The summed E-state index contributed by atoms with van der Waals surface area (Å²) in [5, 5.41) is 8.10. The Kier molecular flexibility index (Phi) is 7.15. The van der Waals surface area contributed by atoms with E-state index in [-0.39, 0.29) is 0 Å². The number of hydrogen-bond acceptors (Lipinski definition) is 1. The molecule has 0 saturated heterocycles. The normalized spacial score (nSPS) is 10.8. The van der Waals surface area contributed by atoms with Crippen molar-refractivity contribution in [2.24, 2.45) is 0 Å². The lowest BCUT2D eigenvalue weighted by Crippen LogP contribution is -1.64. The van der Waals surface area contributed by atoms with Gasteiger partial charge in [-0.25, -0.2) is 0 Å². The van der Waals surface area contributed by atoms with Crippen molar-refractivity contribution in [3.63, 3.8) is 0 Å². The summed E-state index contributed by atoms with van der Waals surface area (Å²) in [6.45, 7) is 2.17. The maximum atomic E-state index is 8.10. The lowest BCUT2D eigenvalue weighted by Gasteiger charge is -1.84. The second-order valence-electron chi connectivity index (χ2n) is 2.06. The van der Waals surface area contributed by atoms with E-state index in [0.717, 1.165) is 6.42 Å². The van der Waals surface area contributed by atoms with Gasteiger partial charge in [0.2, 0.25) is 0 Å². The molecule has 0 atom stereocenters. The zero-order valence-corrected chi connectivity index (χ0v) is 6.38.